The number of nitrogens with two attached hydrogens (primary N) is 1. The number of rotatable bonds is 4. The Hall–Kier alpha value is -1.20. The molecule has 1 aromatic carbocycles. The quantitative estimate of drug-likeness (QED) is 0.642. The van der Waals surface area contributed by atoms with Gasteiger partial charge in [-0.15, -0.1) is 11.8 Å². The number of ether oxygens (including phenoxy) is 1. The van der Waals surface area contributed by atoms with Gasteiger partial charge in [0.25, 0.3) is 0 Å². The number of thioether (sulfide) groups is 1. The summed E-state index contributed by atoms with van der Waals surface area (Å²) in [5.41, 5.74) is 6.41. The summed E-state index contributed by atoms with van der Waals surface area (Å²) < 4.78 is 5.25. The molecule has 1 saturated heterocycles. The molecule has 0 saturated carbocycles. The predicted octanol–water partition coefficient (Wildman–Crippen LogP) is 1.66. The van der Waals surface area contributed by atoms with Gasteiger partial charge in [-0.1, -0.05) is 6.07 Å². The first-order chi connectivity index (χ1) is 8.74. The summed E-state index contributed by atoms with van der Waals surface area (Å²) in [6, 6.07) is 7.85. The average Bonchev–Trinajstić information content (AvgIpc) is 2.38. The minimum atomic E-state index is 0.0781. The summed E-state index contributed by atoms with van der Waals surface area (Å²) in [5, 5.41) is 3.03. The zero-order valence-electron chi connectivity index (χ0n) is 10.2. The van der Waals surface area contributed by atoms with Crippen LogP contribution in [-0.2, 0) is 9.53 Å². The van der Waals surface area contributed by atoms with Gasteiger partial charge in [0.1, 0.15) is 0 Å². The van der Waals surface area contributed by atoms with E-state index in [2.05, 4.69) is 5.32 Å². The molecule has 1 fully saturated rings. The third kappa shape index (κ3) is 4.23. The second-order valence-electron chi connectivity index (χ2n) is 4.32. The lowest BCUT2D eigenvalue weighted by atomic mass is 10.1. The van der Waals surface area contributed by atoms with Crippen molar-refractivity contribution < 1.29 is 9.53 Å². The van der Waals surface area contributed by atoms with Crippen molar-refractivity contribution in [2.45, 2.75) is 23.8 Å². The molecule has 0 aromatic heterocycles. The summed E-state index contributed by atoms with van der Waals surface area (Å²) in [5.74, 6) is 0.509. The van der Waals surface area contributed by atoms with Crippen LogP contribution < -0.4 is 11.1 Å². The van der Waals surface area contributed by atoms with E-state index in [-0.39, 0.29) is 11.9 Å². The van der Waals surface area contributed by atoms with Gasteiger partial charge >= 0.3 is 0 Å². The molecule has 98 valence electrons. The number of carbonyl (C=O) groups is 1. The topological polar surface area (TPSA) is 64.4 Å². The molecule has 5 heteroatoms. The Kier molecular flexibility index (Phi) is 4.90. The summed E-state index contributed by atoms with van der Waals surface area (Å²) in [7, 11) is 0. The lowest BCUT2D eigenvalue weighted by molar-refractivity contribution is -0.119. The van der Waals surface area contributed by atoms with E-state index in [4.69, 9.17) is 10.5 Å². The van der Waals surface area contributed by atoms with Crippen LogP contribution in [0.15, 0.2) is 29.2 Å². The molecule has 0 aliphatic carbocycles. The molecule has 0 atom stereocenters. The first kappa shape index (κ1) is 13.2. The lowest BCUT2D eigenvalue weighted by Gasteiger charge is -2.23. The molecule has 0 unspecified atom stereocenters. The highest BCUT2D eigenvalue weighted by Crippen LogP contribution is 2.19. The third-order valence-electron chi connectivity index (χ3n) is 2.81. The highest BCUT2D eigenvalue weighted by Gasteiger charge is 2.15. The van der Waals surface area contributed by atoms with Gasteiger partial charge in [-0.2, -0.15) is 0 Å². The second kappa shape index (κ2) is 6.66. The van der Waals surface area contributed by atoms with Crippen LogP contribution in [0.4, 0.5) is 5.69 Å². The van der Waals surface area contributed by atoms with E-state index < -0.39 is 0 Å². The number of anilines is 1. The SMILES string of the molecule is Nc1cccc(SCC(=O)NC2CCOCC2)c1. The molecule has 0 spiro atoms. The fourth-order valence-corrected chi connectivity index (χ4v) is 2.64. The van der Waals surface area contributed by atoms with Crippen molar-refractivity contribution in [1.29, 1.82) is 0 Å². The van der Waals surface area contributed by atoms with Crippen molar-refractivity contribution in [2.75, 3.05) is 24.7 Å². The molecule has 4 nitrogen and oxygen atoms in total. The Bertz CT molecular complexity index is 406. The van der Waals surface area contributed by atoms with Crippen molar-refractivity contribution in [1.82, 2.24) is 5.32 Å². The molecule has 1 aliphatic rings. The molecule has 0 radical (unpaired) electrons. The largest absolute Gasteiger partial charge is 0.399 e. The van der Waals surface area contributed by atoms with Crippen molar-refractivity contribution in [2.24, 2.45) is 0 Å². The fraction of sp³-hybridized carbons (Fsp3) is 0.462. The maximum atomic E-state index is 11.8. The van der Waals surface area contributed by atoms with Gasteiger partial charge in [0.2, 0.25) is 5.91 Å². The monoisotopic (exact) mass is 266 g/mol. The maximum absolute atomic E-state index is 11.8. The van der Waals surface area contributed by atoms with Crippen molar-refractivity contribution >= 4 is 23.4 Å². The van der Waals surface area contributed by atoms with E-state index in [0.717, 1.165) is 36.6 Å². The number of nitrogens with one attached hydrogen (secondary N) is 1. The molecule has 1 heterocycles. The fourth-order valence-electron chi connectivity index (χ4n) is 1.86. The van der Waals surface area contributed by atoms with Gasteiger partial charge in [0, 0.05) is 29.8 Å². The zero-order chi connectivity index (χ0) is 12.8. The number of hydrogen-bond acceptors (Lipinski definition) is 4. The van der Waals surface area contributed by atoms with Crippen LogP contribution in [0.5, 0.6) is 0 Å². The predicted molar refractivity (Wildman–Crippen MR) is 73.6 cm³/mol. The Morgan fingerprint density at radius 2 is 2.22 bits per heavy atom. The second-order valence-corrected chi connectivity index (χ2v) is 5.36. The van der Waals surface area contributed by atoms with Crippen LogP contribution in [0.3, 0.4) is 0 Å². The van der Waals surface area contributed by atoms with Crippen LogP contribution in [0.2, 0.25) is 0 Å². The van der Waals surface area contributed by atoms with Crippen LogP contribution in [0.1, 0.15) is 12.8 Å². The molecule has 1 amide bonds. The lowest BCUT2D eigenvalue weighted by Crippen LogP contribution is -2.39. The van der Waals surface area contributed by atoms with E-state index in [1.165, 1.54) is 11.8 Å². The Balaban J connectivity index is 1.74. The van der Waals surface area contributed by atoms with E-state index in [9.17, 15) is 4.79 Å². The summed E-state index contributed by atoms with van der Waals surface area (Å²) in [6.07, 6.45) is 1.82. The minimum Gasteiger partial charge on any atom is -0.399 e. The third-order valence-corrected chi connectivity index (χ3v) is 3.81. The Morgan fingerprint density at radius 3 is 2.94 bits per heavy atom. The first-order valence-corrected chi connectivity index (χ1v) is 7.08. The van der Waals surface area contributed by atoms with Gasteiger partial charge in [-0.3, -0.25) is 4.79 Å². The first-order valence-electron chi connectivity index (χ1n) is 6.09. The highest BCUT2D eigenvalue weighted by molar-refractivity contribution is 8.00. The summed E-state index contributed by atoms with van der Waals surface area (Å²) >= 11 is 1.51. The molecule has 2 rings (SSSR count). The van der Waals surface area contributed by atoms with E-state index in [1.807, 2.05) is 24.3 Å². The summed E-state index contributed by atoms with van der Waals surface area (Å²) in [4.78, 5) is 12.8. The van der Waals surface area contributed by atoms with Gasteiger partial charge < -0.3 is 15.8 Å². The Morgan fingerprint density at radius 1 is 1.44 bits per heavy atom. The highest BCUT2D eigenvalue weighted by atomic mass is 32.2. The van der Waals surface area contributed by atoms with Crippen molar-refractivity contribution in [3.05, 3.63) is 24.3 Å². The van der Waals surface area contributed by atoms with Gasteiger partial charge in [-0.25, -0.2) is 0 Å². The molecule has 3 N–H and O–H groups in total. The molecule has 0 bridgehead atoms. The van der Waals surface area contributed by atoms with Crippen molar-refractivity contribution in [3.8, 4) is 0 Å². The maximum Gasteiger partial charge on any atom is 0.230 e. The molecule has 18 heavy (non-hydrogen) atoms. The van der Waals surface area contributed by atoms with Gasteiger partial charge in [-0.05, 0) is 31.0 Å². The van der Waals surface area contributed by atoms with Crippen LogP contribution in [0.25, 0.3) is 0 Å². The van der Waals surface area contributed by atoms with Crippen LogP contribution in [-0.4, -0.2) is 30.9 Å². The Labute approximate surface area is 111 Å². The molecular formula is C13H18N2O2S. The normalized spacial score (nSPS) is 16.4. The average molecular weight is 266 g/mol. The van der Waals surface area contributed by atoms with Crippen LogP contribution >= 0.6 is 11.8 Å². The molecule has 1 aliphatic heterocycles. The number of carbonyl (C=O) groups excluding carboxylic acids is 1. The van der Waals surface area contributed by atoms with E-state index in [1.54, 1.807) is 0 Å². The van der Waals surface area contributed by atoms with E-state index in [0.29, 0.717) is 5.75 Å². The standard InChI is InChI=1S/C13H18N2O2S/c14-10-2-1-3-12(8-10)18-9-13(16)15-11-4-6-17-7-5-11/h1-3,8,11H,4-7,9,14H2,(H,15,16). The number of amides is 1. The van der Waals surface area contributed by atoms with E-state index >= 15 is 0 Å². The molecule has 1 aromatic rings. The number of benzene rings is 1. The number of hydrogen-bond donors (Lipinski definition) is 2. The number of nitrogen functional groups attached to an aromatic ring is 1. The zero-order valence-corrected chi connectivity index (χ0v) is 11.0. The van der Waals surface area contributed by atoms with Crippen LogP contribution in [0, 0.1) is 0 Å². The molecular weight excluding hydrogens is 248 g/mol. The van der Waals surface area contributed by atoms with Gasteiger partial charge in [0.15, 0.2) is 0 Å². The minimum absolute atomic E-state index is 0.0781. The van der Waals surface area contributed by atoms with Gasteiger partial charge in [0.05, 0.1) is 5.75 Å². The summed E-state index contributed by atoms with van der Waals surface area (Å²) in [6.45, 7) is 1.49. The smallest absolute Gasteiger partial charge is 0.230 e. The van der Waals surface area contributed by atoms with Crippen molar-refractivity contribution in [3.63, 3.8) is 0 Å².